The monoisotopic (exact) mass is 428 g/mol. The molecule has 10 heteroatoms. The number of nitrogens with one attached hydrogen (secondary N) is 2. The molecule has 1 amide bonds. The normalized spacial score (nSPS) is 16.4. The van der Waals surface area contributed by atoms with E-state index in [1.54, 1.807) is 12.1 Å². The number of hydrogen-bond acceptors (Lipinski definition) is 7. The first-order chi connectivity index (χ1) is 12.5. The summed E-state index contributed by atoms with van der Waals surface area (Å²) in [7, 11) is 0. The maximum Gasteiger partial charge on any atom is 0.284 e. The van der Waals surface area contributed by atoms with E-state index in [1.807, 2.05) is 12.3 Å². The van der Waals surface area contributed by atoms with E-state index in [0.717, 1.165) is 36.0 Å². The van der Waals surface area contributed by atoms with E-state index in [4.69, 9.17) is 0 Å². The van der Waals surface area contributed by atoms with Gasteiger partial charge in [-0.2, -0.15) is 0 Å². The van der Waals surface area contributed by atoms with E-state index in [9.17, 15) is 14.9 Å². The quantitative estimate of drug-likeness (QED) is 0.538. The number of amides is 1. The maximum atomic E-state index is 12.4. The van der Waals surface area contributed by atoms with Crippen LogP contribution in [0.25, 0.3) is 0 Å². The molecule has 3 rings (SSSR count). The van der Waals surface area contributed by atoms with Crippen molar-refractivity contribution in [3.63, 3.8) is 0 Å². The van der Waals surface area contributed by atoms with Crippen molar-refractivity contribution in [2.45, 2.75) is 29.0 Å². The van der Waals surface area contributed by atoms with Crippen LogP contribution >= 0.6 is 35.5 Å². The molecule has 2 N–H and O–H groups in total. The number of nitro benzene ring substituents is 1. The maximum absolute atomic E-state index is 12.4. The molecule has 1 aromatic heterocycles. The zero-order chi connectivity index (χ0) is 18.5. The number of rotatable bonds is 6. The lowest BCUT2D eigenvalue weighted by molar-refractivity contribution is -0.387. The Morgan fingerprint density at radius 2 is 2.33 bits per heavy atom. The molecule has 2 aromatic rings. The molecule has 1 atom stereocenters. The Kier molecular flexibility index (Phi) is 8.03. The molecule has 0 bridgehead atoms. The summed E-state index contributed by atoms with van der Waals surface area (Å²) >= 11 is 2.69. The lowest BCUT2D eigenvalue weighted by atomic mass is 9.99. The summed E-state index contributed by atoms with van der Waals surface area (Å²) < 4.78 is 0.743. The molecular formula is C17H21ClN4O3S2. The SMILES string of the molecule is Cc1csc(Sc2ccc(C(=O)NCC3CCCNC3)cc2[N+](=O)[O-])n1.Cl. The second kappa shape index (κ2) is 10.0. The van der Waals surface area contributed by atoms with Crippen molar-refractivity contribution in [2.24, 2.45) is 5.92 Å². The summed E-state index contributed by atoms with van der Waals surface area (Å²) in [6, 6.07) is 4.60. The van der Waals surface area contributed by atoms with Crippen molar-refractivity contribution in [1.82, 2.24) is 15.6 Å². The van der Waals surface area contributed by atoms with Gasteiger partial charge in [0, 0.05) is 29.2 Å². The third kappa shape index (κ3) is 5.90. The van der Waals surface area contributed by atoms with Crippen LogP contribution in [0.1, 0.15) is 28.9 Å². The fraction of sp³-hybridized carbons (Fsp3) is 0.412. The van der Waals surface area contributed by atoms with E-state index in [1.165, 1.54) is 29.2 Å². The summed E-state index contributed by atoms with van der Waals surface area (Å²) in [6.45, 7) is 4.37. The van der Waals surface area contributed by atoms with Crippen LogP contribution in [0.3, 0.4) is 0 Å². The second-order valence-corrected chi connectivity index (χ2v) is 8.37. The number of benzene rings is 1. The number of nitrogens with zero attached hydrogens (tertiary/aromatic N) is 2. The number of carbonyl (C=O) groups excluding carboxylic acids is 1. The van der Waals surface area contributed by atoms with Crippen LogP contribution in [-0.2, 0) is 0 Å². The van der Waals surface area contributed by atoms with Crippen LogP contribution in [0.5, 0.6) is 0 Å². The van der Waals surface area contributed by atoms with Gasteiger partial charge >= 0.3 is 0 Å². The van der Waals surface area contributed by atoms with Crippen LogP contribution in [0.15, 0.2) is 32.8 Å². The highest BCUT2D eigenvalue weighted by molar-refractivity contribution is 8.01. The third-order valence-electron chi connectivity index (χ3n) is 4.16. The number of aryl methyl sites for hydroxylation is 1. The number of nitro groups is 1. The van der Waals surface area contributed by atoms with E-state index in [0.29, 0.717) is 22.9 Å². The predicted octanol–water partition coefficient (Wildman–Crippen LogP) is 3.66. The first-order valence-electron chi connectivity index (χ1n) is 8.40. The molecule has 0 spiro atoms. The molecule has 1 aliphatic heterocycles. The van der Waals surface area contributed by atoms with E-state index >= 15 is 0 Å². The van der Waals surface area contributed by atoms with Crippen LogP contribution in [0.2, 0.25) is 0 Å². The second-order valence-electron chi connectivity index (χ2n) is 6.22. The lowest BCUT2D eigenvalue weighted by Crippen LogP contribution is -2.38. The van der Waals surface area contributed by atoms with E-state index < -0.39 is 4.92 Å². The summed E-state index contributed by atoms with van der Waals surface area (Å²) in [6.07, 6.45) is 2.18. The molecule has 1 aromatic carbocycles. The molecule has 2 heterocycles. The minimum Gasteiger partial charge on any atom is -0.352 e. The molecule has 0 saturated carbocycles. The van der Waals surface area contributed by atoms with Gasteiger partial charge in [-0.05, 0) is 50.9 Å². The first kappa shape index (κ1) is 21.6. The summed E-state index contributed by atoms with van der Waals surface area (Å²) in [5, 5.41) is 19.5. The minimum absolute atomic E-state index is 0. The zero-order valence-electron chi connectivity index (χ0n) is 14.8. The van der Waals surface area contributed by atoms with Crippen molar-refractivity contribution in [3.8, 4) is 0 Å². The zero-order valence-corrected chi connectivity index (χ0v) is 17.2. The molecule has 1 aliphatic rings. The van der Waals surface area contributed by atoms with E-state index in [2.05, 4.69) is 15.6 Å². The average molecular weight is 429 g/mol. The summed E-state index contributed by atoms with van der Waals surface area (Å²) in [4.78, 5) is 28.1. The number of hydrogen-bond donors (Lipinski definition) is 2. The van der Waals surface area contributed by atoms with Crippen molar-refractivity contribution in [2.75, 3.05) is 19.6 Å². The van der Waals surface area contributed by atoms with Crippen molar-refractivity contribution >= 4 is 47.1 Å². The van der Waals surface area contributed by atoms with Gasteiger partial charge < -0.3 is 10.6 Å². The molecule has 146 valence electrons. The number of halogens is 1. The third-order valence-corrected chi connectivity index (χ3v) is 6.28. The number of piperidine rings is 1. The largest absolute Gasteiger partial charge is 0.352 e. The molecular weight excluding hydrogens is 408 g/mol. The molecule has 0 aliphatic carbocycles. The molecule has 0 radical (unpaired) electrons. The Bertz CT molecular complexity index is 809. The fourth-order valence-corrected chi connectivity index (χ4v) is 4.68. The van der Waals surface area contributed by atoms with E-state index in [-0.39, 0.29) is 24.0 Å². The Morgan fingerprint density at radius 3 is 2.96 bits per heavy atom. The molecule has 7 nitrogen and oxygen atoms in total. The Hall–Kier alpha value is -1.68. The van der Waals surface area contributed by atoms with Crippen LogP contribution in [-0.4, -0.2) is 35.4 Å². The minimum atomic E-state index is -0.454. The van der Waals surface area contributed by atoms with Gasteiger partial charge in [0.25, 0.3) is 11.6 Å². The highest BCUT2D eigenvalue weighted by Crippen LogP contribution is 2.36. The van der Waals surface area contributed by atoms with Crippen molar-refractivity contribution in [1.29, 1.82) is 0 Å². The van der Waals surface area contributed by atoms with Gasteiger partial charge in [-0.15, -0.1) is 23.7 Å². The van der Waals surface area contributed by atoms with Gasteiger partial charge in [0.05, 0.1) is 9.82 Å². The molecule has 1 saturated heterocycles. The number of thiazole rings is 1. The molecule has 27 heavy (non-hydrogen) atoms. The van der Waals surface area contributed by atoms with Crippen LogP contribution in [0.4, 0.5) is 5.69 Å². The summed E-state index contributed by atoms with van der Waals surface area (Å²) in [5.41, 5.74) is 1.11. The van der Waals surface area contributed by atoms with Gasteiger partial charge in [-0.3, -0.25) is 14.9 Å². The first-order valence-corrected chi connectivity index (χ1v) is 10.1. The highest BCUT2D eigenvalue weighted by Gasteiger charge is 2.20. The topological polar surface area (TPSA) is 97.2 Å². The summed E-state index contributed by atoms with van der Waals surface area (Å²) in [5.74, 6) is 0.131. The van der Waals surface area contributed by atoms with Gasteiger partial charge in [0.1, 0.15) is 0 Å². The fourth-order valence-electron chi connectivity index (χ4n) is 2.80. The molecule has 1 fully saturated rings. The standard InChI is InChI=1S/C17H20N4O3S2.ClH/c1-11-10-25-17(20-11)26-15-5-4-13(7-14(15)21(23)24)16(22)19-9-12-3-2-6-18-8-12;/h4-5,7,10,12,18H,2-3,6,8-9H2,1H3,(H,19,22);1H. The van der Waals surface area contributed by atoms with Crippen molar-refractivity contribution in [3.05, 3.63) is 45.0 Å². The molecule has 1 unspecified atom stereocenters. The Morgan fingerprint density at radius 1 is 1.52 bits per heavy atom. The van der Waals surface area contributed by atoms with Gasteiger partial charge in [0.2, 0.25) is 0 Å². The van der Waals surface area contributed by atoms with Gasteiger partial charge in [-0.25, -0.2) is 4.98 Å². The van der Waals surface area contributed by atoms with Crippen LogP contribution in [0, 0.1) is 23.0 Å². The van der Waals surface area contributed by atoms with Gasteiger partial charge in [-0.1, -0.05) is 11.8 Å². The Labute approximate surface area is 171 Å². The average Bonchev–Trinajstić information content (AvgIpc) is 3.05. The van der Waals surface area contributed by atoms with Crippen LogP contribution < -0.4 is 10.6 Å². The predicted molar refractivity (Wildman–Crippen MR) is 109 cm³/mol. The number of carbonyl (C=O) groups is 1. The highest BCUT2D eigenvalue weighted by atomic mass is 35.5. The number of aromatic nitrogens is 1. The van der Waals surface area contributed by atoms with Crippen molar-refractivity contribution < 1.29 is 9.72 Å². The van der Waals surface area contributed by atoms with Gasteiger partial charge in [0.15, 0.2) is 4.34 Å². The Balaban J connectivity index is 0.00000261. The lowest BCUT2D eigenvalue weighted by Gasteiger charge is -2.22. The smallest absolute Gasteiger partial charge is 0.284 e.